The van der Waals surface area contributed by atoms with Crippen molar-refractivity contribution >= 4 is 22.7 Å². The van der Waals surface area contributed by atoms with Crippen LogP contribution in [0.2, 0.25) is 0 Å². The molecule has 0 unspecified atom stereocenters. The van der Waals surface area contributed by atoms with Crippen LogP contribution in [0.5, 0.6) is 5.75 Å². The van der Waals surface area contributed by atoms with Crippen molar-refractivity contribution in [1.82, 2.24) is 14.9 Å². The summed E-state index contributed by atoms with van der Waals surface area (Å²) in [5, 5.41) is 25.7. The van der Waals surface area contributed by atoms with Gasteiger partial charge in [0.25, 0.3) is 0 Å². The van der Waals surface area contributed by atoms with Gasteiger partial charge in [0.05, 0.1) is 24.0 Å². The minimum atomic E-state index is 0.330. The minimum absolute atomic E-state index is 0.330. The quantitative estimate of drug-likeness (QED) is 0.236. The Labute approximate surface area is 224 Å². The molecule has 7 nitrogen and oxygen atoms in total. The maximum Gasteiger partial charge on any atom is 0.137 e. The molecule has 38 heavy (non-hydrogen) atoms. The van der Waals surface area contributed by atoms with Gasteiger partial charge in [0, 0.05) is 23.3 Å². The van der Waals surface area contributed by atoms with E-state index < -0.39 is 0 Å². The van der Waals surface area contributed by atoms with E-state index >= 15 is 0 Å². The molecule has 4 aromatic rings. The Morgan fingerprint density at radius 3 is 2.45 bits per heavy atom. The normalized spacial score (nSPS) is 17.2. The van der Waals surface area contributed by atoms with E-state index in [-0.39, 0.29) is 0 Å². The Hall–Kier alpha value is -4.02. The van der Waals surface area contributed by atoms with Crippen LogP contribution in [0.3, 0.4) is 0 Å². The number of hydrogen-bond acceptors (Lipinski definition) is 6. The molecule has 7 heteroatoms. The molecule has 1 saturated carbocycles. The monoisotopic (exact) mass is 508 g/mol. The summed E-state index contributed by atoms with van der Waals surface area (Å²) in [6.45, 7) is 5.67. The van der Waals surface area contributed by atoms with Crippen LogP contribution in [0.1, 0.15) is 49.3 Å². The average Bonchev–Trinajstić information content (AvgIpc) is 3.43. The van der Waals surface area contributed by atoms with Gasteiger partial charge in [0.15, 0.2) is 0 Å². The van der Waals surface area contributed by atoms with Gasteiger partial charge in [-0.25, -0.2) is 4.52 Å². The van der Waals surface area contributed by atoms with Crippen LogP contribution in [0.15, 0.2) is 66.9 Å². The maximum atomic E-state index is 10.1. The molecule has 1 aliphatic rings. The first-order chi connectivity index (χ1) is 18.7. The number of hydrogen-bond donors (Lipinski definition) is 3. The Bertz CT molecular complexity index is 1380. The third kappa shape index (κ3) is 5.76. The minimum Gasteiger partial charge on any atom is -0.494 e. The van der Waals surface area contributed by atoms with Gasteiger partial charge in [-0.3, -0.25) is 0 Å². The van der Waals surface area contributed by atoms with Crippen molar-refractivity contribution in [2.75, 3.05) is 23.8 Å². The van der Waals surface area contributed by atoms with Gasteiger partial charge in [0.1, 0.15) is 23.2 Å². The molecule has 3 N–H and O–H groups in total. The number of nitriles is 1. The average molecular weight is 509 g/mol. The number of fused-ring (bicyclic) bond motifs is 1. The lowest BCUT2D eigenvalue weighted by Gasteiger charge is -2.31. The zero-order chi connectivity index (χ0) is 26.3. The molecule has 0 radical (unpaired) electrons. The second kappa shape index (κ2) is 12.0. The van der Waals surface area contributed by atoms with E-state index in [0.29, 0.717) is 24.3 Å². The largest absolute Gasteiger partial charge is 0.494 e. The highest BCUT2D eigenvalue weighted by atomic mass is 16.5. The third-order valence-corrected chi connectivity index (χ3v) is 7.40. The summed E-state index contributed by atoms with van der Waals surface area (Å²) in [5.41, 5.74) is 5.63. The van der Waals surface area contributed by atoms with Gasteiger partial charge < -0.3 is 20.7 Å². The topological polar surface area (TPSA) is 86.4 Å². The van der Waals surface area contributed by atoms with E-state index in [1.807, 2.05) is 41.8 Å². The molecule has 2 aromatic carbocycles. The van der Waals surface area contributed by atoms with Crippen molar-refractivity contribution in [2.45, 2.75) is 58.0 Å². The molecule has 0 saturated heterocycles. The van der Waals surface area contributed by atoms with Crippen molar-refractivity contribution in [3.8, 4) is 11.8 Å². The molecule has 0 bridgehead atoms. The van der Waals surface area contributed by atoms with Crippen molar-refractivity contribution < 1.29 is 4.74 Å². The van der Waals surface area contributed by atoms with Crippen LogP contribution in [-0.4, -0.2) is 34.8 Å². The van der Waals surface area contributed by atoms with Crippen LogP contribution in [0, 0.1) is 18.3 Å². The first-order valence-electron chi connectivity index (χ1n) is 13.6. The highest BCUT2D eigenvalue weighted by Crippen LogP contribution is 2.35. The summed E-state index contributed by atoms with van der Waals surface area (Å²) < 4.78 is 7.40. The van der Waals surface area contributed by atoms with Crippen LogP contribution in [0.25, 0.3) is 5.52 Å². The lowest BCUT2D eigenvalue weighted by Crippen LogP contribution is -2.38. The third-order valence-electron chi connectivity index (χ3n) is 7.40. The second-order valence-electron chi connectivity index (χ2n) is 9.93. The molecule has 2 aromatic heterocycles. The number of nitrogens with one attached hydrogen (secondary N) is 3. The maximum absolute atomic E-state index is 10.1. The summed E-state index contributed by atoms with van der Waals surface area (Å²) in [6, 6.07) is 23.8. The molecular weight excluding hydrogens is 472 g/mol. The van der Waals surface area contributed by atoms with E-state index in [9.17, 15) is 5.26 Å². The highest BCUT2D eigenvalue weighted by Gasteiger charge is 2.24. The van der Waals surface area contributed by atoms with Crippen molar-refractivity contribution in [3.05, 3.63) is 83.6 Å². The van der Waals surface area contributed by atoms with Gasteiger partial charge in [-0.15, -0.1) is 0 Å². The molecule has 0 aliphatic heterocycles. The molecule has 1 aliphatic carbocycles. The number of benzene rings is 2. The summed E-state index contributed by atoms with van der Waals surface area (Å²) in [7, 11) is 0. The van der Waals surface area contributed by atoms with Crippen molar-refractivity contribution in [1.29, 1.82) is 5.26 Å². The fourth-order valence-electron chi connectivity index (χ4n) is 5.35. The van der Waals surface area contributed by atoms with Gasteiger partial charge in [0.2, 0.25) is 0 Å². The lowest BCUT2D eigenvalue weighted by atomic mass is 9.90. The molecule has 0 atom stereocenters. The fourth-order valence-corrected chi connectivity index (χ4v) is 5.35. The standard InChI is InChI=1S/C31H36N6O/c1-3-38-27-15-13-26(14-16-27)36-31-22(2)30(28(21-32)29-18-20-34-37(29)31)35-25-11-9-24(10-12-25)33-19-17-23-7-5-4-6-8-23/h4-8,13-16,18,20,24-25,33,35-36H,3,9-12,17,19H2,1-2H3. The molecule has 0 spiro atoms. The predicted octanol–water partition coefficient (Wildman–Crippen LogP) is 6.21. The number of aromatic nitrogens is 2. The highest BCUT2D eigenvalue weighted by molar-refractivity contribution is 5.82. The van der Waals surface area contributed by atoms with Crippen LogP contribution >= 0.6 is 0 Å². The van der Waals surface area contributed by atoms with Gasteiger partial charge in [-0.1, -0.05) is 30.3 Å². The summed E-state index contributed by atoms with van der Waals surface area (Å²) >= 11 is 0. The Morgan fingerprint density at radius 2 is 1.74 bits per heavy atom. The van der Waals surface area contributed by atoms with E-state index in [2.05, 4.69) is 64.4 Å². The summed E-state index contributed by atoms with van der Waals surface area (Å²) in [5.74, 6) is 1.69. The summed E-state index contributed by atoms with van der Waals surface area (Å²) in [6.07, 6.45) is 7.19. The second-order valence-corrected chi connectivity index (χ2v) is 9.93. The van der Waals surface area contributed by atoms with Crippen molar-refractivity contribution in [3.63, 3.8) is 0 Å². The van der Waals surface area contributed by atoms with Crippen LogP contribution in [0.4, 0.5) is 17.2 Å². The molecule has 196 valence electrons. The SMILES string of the molecule is CCOc1ccc(Nc2c(C)c(NC3CCC(NCCc4ccccc4)CC3)c(C#N)c3ccnn23)cc1. The first-order valence-corrected chi connectivity index (χ1v) is 13.6. The zero-order valence-electron chi connectivity index (χ0n) is 22.2. The molecular formula is C31H36N6O. The molecule has 0 amide bonds. The van der Waals surface area contributed by atoms with E-state index in [0.717, 1.165) is 72.7 Å². The van der Waals surface area contributed by atoms with Gasteiger partial charge in [-0.2, -0.15) is 10.4 Å². The fraction of sp³-hybridized carbons (Fsp3) is 0.355. The van der Waals surface area contributed by atoms with Crippen molar-refractivity contribution in [2.24, 2.45) is 0 Å². The Morgan fingerprint density at radius 1 is 1.00 bits per heavy atom. The number of anilines is 3. The first kappa shape index (κ1) is 25.6. The van der Waals surface area contributed by atoms with E-state index in [4.69, 9.17) is 4.74 Å². The lowest BCUT2D eigenvalue weighted by molar-refractivity contribution is 0.340. The molecule has 1 fully saturated rings. The number of ether oxygens (including phenoxy) is 1. The smallest absolute Gasteiger partial charge is 0.137 e. The molecule has 2 heterocycles. The Balaban J connectivity index is 1.28. The Kier molecular flexibility index (Phi) is 8.10. The molecule has 5 rings (SSSR count). The van der Waals surface area contributed by atoms with E-state index in [1.165, 1.54) is 5.56 Å². The zero-order valence-corrected chi connectivity index (χ0v) is 22.2. The number of pyridine rings is 1. The van der Waals surface area contributed by atoms with Gasteiger partial charge in [-0.05, 0) is 88.4 Å². The van der Waals surface area contributed by atoms with Crippen LogP contribution < -0.4 is 20.7 Å². The number of nitrogens with zero attached hydrogens (tertiary/aromatic N) is 3. The van der Waals surface area contributed by atoms with Gasteiger partial charge >= 0.3 is 0 Å². The number of rotatable bonds is 10. The summed E-state index contributed by atoms with van der Waals surface area (Å²) in [4.78, 5) is 0. The van der Waals surface area contributed by atoms with E-state index in [1.54, 1.807) is 6.20 Å². The predicted molar refractivity (Wildman–Crippen MR) is 153 cm³/mol. The van der Waals surface area contributed by atoms with Crippen LogP contribution in [-0.2, 0) is 6.42 Å².